The first-order chi connectivity index (χ1) is 17.3. The van der Waals surface area contributed by atoms with Gasteiger partial charge in [-0.15, -0.1) is 0 Å². The molecule has 7 heteroatoms. The first-order valence-electron chi connectivity index (χ1n) is 13.0. The van der Waals surface area contributed by atoms with Crippen LogP contribution in [-0.2, 0) is 0 Å². The minimum atomic E-state index is -0.388. The standard InChI is InChI=1S/C29H35FN4O2/c1-19(2)32-11-13-33(14-12-32)28(35)21-7-9-24-26(17-31-27(24)15-21)22-5-4-10-34(18-22)29(36)25-16-23(30)8-6-20(25)3/h6-9,15-17,19,22,31H,4-5,10-14,18H2,1-3H3. The minimum absolute atomic E-state index is 0.0800. The van der Waals surface area contributed by atoms with E-state index in [1.54, 1.807) is 6.07 Å². The second-order valence-corrected chi connectivity index (χ2v) is 10.5. The predicted octanol–water partition coefficient (Wildman–Crippen LogP) is 4.80. The number of aryl methyl sites for hydroxylation is 1. The van der Waals surface area contributed by atoms with Gasteiger partial charge in [0.15, 0.2) is 0 Å². The van der Waals surface area contributed by atoms with Gasteiger partial charge in [0.1, 0.15) is 5.82 Å². The number of amides is 2. The molecular weight excluding hydrogens is 455 g/mol. The van der Waals surface area contributed by atoms with Gasteiger partial charge in [-0.2, -0.15) is 0 Å². The summed E-state index contributed by atoms with van der Waals surface area (Å²) in [5, 5.41) is 1.09. The third kappa shape index (κ3) is 4.76. The first-order valence-corrected chi connectivity index (χ1v) is 13.0. The van der Waals surface area contributed by atoms with E-state index in [9.17, 15) is 14.0 Å². The molecule has 0 aliphatic carbocycles. The van der Waals surface area contributed by atoms with Gasteiger partial charge in [-0.05, 0) is 69.0 Å². The van der Waals surface area contributed by atoms with Gasteiger partial charge in [-0.25, -0.2) is 4.39 Å². The number of aromatic nitrogens is 1. The summed E-state index contributed by atoms with van der Waals surface area (Å²) < 4.78 is 13.8. The molecule has 2 aliphatic heterocycles. The highest BCUT2D eigenvalue weighted by molar-refractivity contribution is 5.99. The largest absolute Gasteiger partial charge is 0.361 e. The van der Waals surface area contributed by atoms with Gasteiger partial charge in [-0.1, -0.05) is 12.1 Å². The van der Waals surface area contributed by atoms with Crippen LogP contribution in [0.5, 0.6) is 0 Å². The van der Waals surface area contributed by atoms with E-state index in [1.807, 2.05) is 41.1 Å². The molecule has 2 amide bonds. The van der Waals surface area contributed by atoms with Crippen molar-refractivity contribution >= 4 is 22.7 Å². The molecule has 5 rings (SSSR count). The lowest BCUT2D eigenvalue weighted by atomic mass is 9.89. The molecule has 0 saturated carbocycles. The fraction of sp³-hybridized carbons (Fsp3) is 0.448. The Hall–Kier alpha value is -3.19. The van der Waals surface area contributed by atoms with Crippen LogP contribution in [0.15, 0.2) is 42.6 Å². The lowest BCUT2D eigenvalue weighted by Gasteiger charge is -2.37. The van der Waals surface area contributed by atoms with Crippen LogP contribution in [0, 0.1) is 12.7 Å². The number of H-pyrrole nitrogens is 1. The fourth-order valence-corrected chi connectivity index (χ4v) is 5.65. The molecule has 1 unspecified atom stereocenters. The number of piperazine rings is 1. The van der Waals surface area contributed by atoms with Crippen LogP contribution in [0.4, 0.5) is 4.39 Å². The average molecular weight is 491 g/mol. The van der Waals surface area contributed by atoms with Crippen molar-refractivity contribution in [2.75, 3.05) is 39.3 Å². The smallest absolute Gasteiger partial charge is 0.254 e. The average Bonchev–Trinajstić information content (AvgIpc) is 3.33. The molecule has 0 spiro atoms. The number of benzene rings is 2. The van der Waals surface area contributed by atoms with Gasteiger partial charge in [0.05, 0.1) is 0 Å². The number of carbonyl (C=O) groups excluding carboxylic acids is 2. The van der Waals surface area contributed by atoms with E-state index in [0.29, 0.717) is 30.3 Å². The van der Waals surface area contributed by atoms with Crippen molar-refractivity contribution in [2.45, 2.75) is 45.6 Å². The molecule has 36 heavy (non-hydrogen) atoms. The van der Waals surface area contributed by atoms with E-state index < -0.39 is 0 Å². The minimum Gasteiger partial charge on any atom is -0.361 e. The maximum Gasteiger partial charge on any atom is 0.254 e. The predicted molar refractivity (Wildman–Crippen MR) is 140 cm³/mol. The summed E-state index contributed by atoms with van der Waals surface area (Å²) >= 11 is 0. The Labute approximate surface area is 212 Å². The van der Waals surface area contributed by atoms with Gasteiger partial charge in [0.25, 0.3) is 11.8 Å². The Kier molecular flexibility index (Phi) is 6.84. The summed E-state index contributed by atoms with van der Waals surface area (Å²) in [5.41, 5.74) is 4.05. The molecule has 190 valence electrons. The van der Waals surface area contributed by atoms with E-state index in [4.69, 9.17) is 0 Å². The number of halogens is 1. The van der Waals surface area contributed by atoms with Gasteiger partial charge in [0, 0.05) is 79.5 Å². The number of likely N-dealkylation sites (tertiary alicyclic amines) is 1. The topological polar surface area (TPSA) is 59.7 Å². The Morgan fingerprint density at radius 1 is 0.972 bits per heavy atom. The van der Waals surface area contributed by atoms with Crippen molar-refractivity contribution in [1.29, 1.82) is 0 Å². The quantitative estimate of drug-likeness (QED) is 0.572. The Morgan fingerprint density at radius 2 is 1.75 bits per heavy atom. The number of carbonyl (C=O) groups is 2. The molecule has 2 fully saturated rings. The van der Waals surface area contributed by atoms with Crippen molar-refractivity contribution in [3.8, 4) is 0 Å². The molecule has 2 aliphatic rings. The van der Waals surface area contributed by atoms with Crippen LogP contribution in [-0.4, -0.2) is 76.8 Å². The van der Waals surface area contributed by atoms with Crippen molar-refractivity contribution < 1.29 is 14.0 Å². The highest BCUT2D eigenvalue weighted by Crippen LogP contribution is 2.33. The molecular formula is C29H35FN4O2. The van der Waals surface area contributed by atoms with Crippen molar-refractivity contribution in [2.24, 2.45) is 0 Å². The van der Waals surface area contributed by atoms with Crippen LogP contribution in [0.1, 0.15) is 64.4 Å². The maximum atomic E-state index is 13.8. The molecule has 3 heterocycles. The third-order valence-corrected chi connectivity index (χ3v) is 7.87. The normalized spacial score (nSPS) is 19.3. The van der Waals surface area contributed by atoms with Gasteiger partial charge in [-0.3, -0.25) is 14.5 Å². The second kappa shape index (κ2) is 10.1. The number of rotatable bonds is 4. The monoisotopic (exact) mass is 490 g/mol. The molecule has 3 aromatic rings. The van der Waals surface area contributed by atoms with Crippen LogP contribution in [0.25, 0.3) is 10.9 Å². The van der Waals surface area contributed by atoms with E-state index in [-0.39, 0.29) is 23.5 Å². The molecule has 1 N–H and O–H groups in total. The SMILES string of the molecule is Cc1ccc(F)cc1C(=O)N1CCCC(c2c[nH]c3cc(C(=O)N4CCN(C(C)C)CC4)ccc23)C1. The summed E-state index contributed by atoms with van der Waals surface area (Å²) in [7, 11) is 0. The van der Waals surface area contributed by atoms with Crippen LogP contribution in [0.2, 0.25) is 0 Å². The highest BCUT2D eigenvalue weighted by atomic mass is 19.1. The van der Waals surface area contributed by atoms with Crippen molar-refractivity contribution in [1.82, 2.24) is 19.7 Å². The van der Waals surface area contributed by atoms with E-state index in [2.05, 4.69) is 23.7 Å². The number of aromatic amines is 1. The van der Waals surface area contributed by atoms with Crippen molar-refractivity contribution in [3.63, 3.8) is 0 Å². The molecule has 1 aromatic heterocycles. The summed E-state index contributed by atoms with van der Waals surface area (Å²) in [6.07, 6.45) is 3.91. The first kappa shape index (κ1) is 24.5. The lowest BCUT2D eigenvalue weighted by Crippen LogP contribution is -2.50. The fourth-order valence-electron chi connectivity index (χ4n) is 5.65. The Morgan fingerprint density at radius 3 is 2.50 bits per heavy atom. The zero-order valence-corrected chi connectivity index (χ0v) is 21.4. The van der Waals surface area contributed by atoms with Gasteiger partial charge >= 0.3 is 0 Å². The van der Waals surface area contributed by atoms with Crippen LogP contribution >= 0.6 is 0 Å². The number of nitrogens with zero attached hydrogens (tertiary/aromatic N) is 3. The Bertz CT molecular complexity index is 1280. The zero-order valence-electron chi connectivity index (χ0n) is 21.4. The number of fused-ring (bicyclic) bond motifs is 1. The zero-order chi connectivity index (χ0) is 25.4. The number of nitrogens with one attached hydrogen (secondary N) is 1. The van der Waals surface area contributed by atoms with Crippen LogP contribution in [0.3, 0.4) is 0 Å². The summed E-state index contributed by atoms with van der Waals surface area (Å²) in [5.74, 6) is -0.226. The number of hydrogen-bond donors (Lipinski definition) is 1. The molecule has 6 nitrogen and oxygen atoms in total. The molecule has 2 aromatic carbocycles. The molecule has 0 bridgehead atoms. The van der Waals surface area contributed by atoms with Crippen molar-refractivity contribution in [3.05, 3.63) is 70.7 Å². The highest BCUT2D eigenvalue weighted by Gasteiger charge is 2.29. The molecule has 1 atom stereocenters. The summed E-state index contributed by atoms with van der Waals surface area (Å²) in [6, 6.07) is 10.8. The summed E-state index contributed by atoms with van der Waals surface area (Å²) in [6.45, 7) is 10.8. The van der Waals surface area contributed by atoms with Gasteiger partial charge < -0.3 is 14.8 Å². The van der Waals surface area contributed by atoms with Gasteiger partial charge in [0.2, 0.25) is 0 Å². The van der Waals surface area contributed by atoms with E-state index >= 15 is 0 Å². The molecule has 0 radical (unpaired) electrons. The molecule has 2 saturated heterocycles. The Balaban J connectivity index is 1.31. The summed E-state index contributed by atoms with van der Waals surface area (Å²) in [4.78, 5) is 35.9. The maximum absolute atomic E-state index is 13.8. The number of hydrogen-bond acceptors (Lipinski definition) is 3. The third-order valence-electron chi connectivity index (χ3n) is 7.87. The second-order valence-electron chi connectivity index (χ2n) is 10.5. The van der Waals surface area contributed by atoms with E-state index in [1.165, 1.54) is 17.7 Å². The number of piperidine rings is 1. The van der Waals surface area contributed by atoms with Crippen LogP contribution < -0.4 is 0 Å². The lowest BCUT2D eigenvalue weighted by molar-refractivity contribution is 0.0595. The van der Waals surface area contributed by atoms with E-state index in [0.717, 1.165) is 55.5 Å².